The van der Waals surface area contributed by atoms with Crippen molar-refractivity contribution in [3.8, 4) is 0 Å². The molecule has 1 aliphatic rings. The average molecular weight is 223 g/mol. The lowest BCUT2D eigenvalue weighted by molar-refractivity contribution is -0.0179. The van der Waals surface area contributed by atoms with Crippen LogP contribution in [0.3, 0.4) is 0 Å². The van der Waals surface area contributed by atoms with Crippen LogP contribution in [0.4, 0.5) is 0 Å². The number of H-pyrrole nitrogens is 1. The van der Waals surface area contributed by atoms with Crippen LogP contribution in [0, 0.1) is 0 Å². The van der Waals surface area contributed by atoms with E-state index in [1.54, 1.807) is 0 Å². The maximum atomic E-state index is 10.1. The number of aromatic amines is 1. The molecule has 3 nitrogen and oxygen atoms in total. The quantitative estimate of drug-likeness (QED) is 0.687. The Kier molecular flexibility index (Phi) is 1.83. The third-order valence-electron chi connectivity index (χ3n) is 2.92. The van der Waals surface area contributed by atoms with Gasteiger partial charge in [0.15, 0.2) is 0 Å². The molecule has 2 heterocycles. The lowest BCUT2D eigenvalue weighted by Gasteiger charge is -2.36. The molecule has 0 spiro atoms. The molecule has 78 valence electrons. The molecule has 0 unspecified atom stereocenters. The average Bonchev–Trinajstić information content (AvgIpc) is 2.57. The van der Waals surface area contributed by atoms with Gasteiger partial charge in [-0.25, -0.2) is 0 Å². The molecule has 1 aliphatic heterocycles. The summed E-state index contributed by atoms with van der Waals surface area (Å²) in [4.78, 5) is 3.22. The van der Waals surface area contributed by atoms with Crippen LogP contribution in [-0.4, -0.2) is 23.2 Å². The molecule has 0 saturated carbocycles. The van der Waals surface area contributed by atoms with Gasteiger partial charge >= 0.3 is 0 Å². The van der Waals surface area contributed by atoms with Gasteiger partial charge in [0.05, 0.1) is 5.69 Å². The molecular weight excluding hydrogens is 212 g/mol. The van der Waals surface area contributed by atoms with E-state index in [0.29, 0.717) is 18.1 Å². The Balaban J connectivity index is 2.14. The number of aliphatic hydroxyl groups is 1. The summed E-state index contributed by atoms with van der Waals surface area (Å²) in [6.07, 6.45) is 0. The molecular formula is C11H11ClN2O. The standard InChI is InChI=1S/C11H11ClN2O/c12-8-1-2-9-7(3-8)4-10(14-9)11(15)5-13-6-11/h1-4,13-15H,5-6H2. The normalized spacial score (nSPS) is 19.1. The van der Waals surface area contributed by atoms with Crippen molar-refractivity contribution in [2.45, 2.75) is 5.60 Å². The van der Waals surface area contributed by atoms with Gasteiger partial charge in [0.25, 0.3) is 0 Å². The summed E-state index contributed by atoms with van der Waals surface area (Å²) >= 11 is 5.90. The number of hydrogen-bond acceptors (Lipinski definition) is 2. The molecule has 1 fully saturated rings. The molecule has 1 aromatic heterocycles. The third kappa shape index (κ3) is 1.35. The zero-order valence-corrected chi connectivity index (χ0v) is 8.80. The van der Waals surface area contributed by atoms with Crippen molar-refractivity contribution in [3.05, 3.63) is 35.0 Å². The van der Waals surface area contributed by atoms with Crippen molar-refractivity contribution in [1.82, 2.24) is 10.3 Å². The Bertz CT molecular complexity index is 516. The molecule has 15 heavy (non-hydrogen) atoms. The number of aromatic nitrogens is 1. The van der Waals surface area contributed by atoms with E-state index < -0.39 is 5.60 Å². The molecule has 0 atom stereocenters. The molecule has 4 heteroatoms. The van der Waals surface area contributed by atoms with E-state index in [1.807, 2.05) is 24.3 Å². The van der Waals surface area contributed by atoms with E-state index in [0.717, 1.165) is 16.6 Å². The van der Waals surface area contributed by atoms with Crippen LogP contribution in [0.15, 0.2) is 24.3 Å². The molecule has 1 saturated heterocycles. The number of nitrogens with one attached hydrogen (secondary N) is 2. The Morgan fingerprint density at radius 1 is 1.27 bits per heavy atom. The summed E-state index contributed by atoms with van der Waals surface area (Å²) in [6.45, 7) is 1.21. The summed E-state index contributed by atoms with van der Waals surface area (Å²) in [5.41, 5.74) is 1.14. The summed E-state index contributed by atoms with van der Waals surface area (Å²) in [5.74, 6) is 0. The van der Waals surface area contributed by atoms with E-state index in [-0.39, 0.29) is 0 Å². The van der Waals surface area contributed by atoms with E-state index in [1.165, 1.54) is 0 Å². The first kappa shape index (κ1) is 9.21. The topological polar surface area (TPSA) is 48.0 Å². The molecule has 0 bridgehead atoms. The second-order valence-corrected chi connectivity index (χ2v) is 4.49. The summed E-state index contributed by atoms with van der Waals surface area (Å²) < 4.78 is 0. The highest BCUT2D eigenvalue weighted by atomic mass is 35.5. The lowest BCUT2D eigenvalue weighted by Crippen LogP contribution is -2.56. The first-order valence-corrected chi connectivity index (χ1v) is 5.27. The van der Waals surface area contributed by atoms with Gasteiger partial charge in [0.2, 0.25) is 0 Å². The van der Waals surface area contributed by atoms with Gasteiger partial charge in [-0.2, -0.15) is 0 Å². The predicted molar refractivity (Wildman–Crippen MR) is 60.1 cm³/mol. The Labute approximate surface area is 92.1 Å². The Morgan fingerprint density at radius 2 is 2.07 bits per heavy atom. The van der Waals surface area contributed by atoms with Crippen LogP contribution in [0.5, 0.6) is 0 Å². The minimum atomic E-state index is -0.731. The maximum absolute atomic E-state index is 10.1. The van der Waals surface area contributed by atoms with E-state index in [4.69, 9.17) is 11.6 Å². The highest BCUT2D eigenvalue weighted by molar-refractivity contribution is 6.31. The van der Waals surface area contributed by atoms with Gasteiger partial charge < -0.3 is 15.4 Å². The number of fused-ring (bicyclic) bond motifs is 1. The fraction of sp³-hybridized carbons (Fsp3) is 0.273. The number of rotatable bonds is 1. The molecule has 2 aromatic rings. The van der Waals surface area contributed by atoms with Gasteiger partial charge in [0, 0.05) is 29.0 Å². The SMILES string of the molecule is OC1(c2cc3cc(Cl)ccc3[nH]2)CNC1. The zero-order valence-electron chi connectivity index (χ0n) is 8.05. The van der Waals surface area contributed by atoms with Crippen LogP contribution in [-0.2, 0) is 5.60 Å². The van der Waals surface area contributed by atoms with Gasteiger partial charge in [0.1, 0.15) is 5.60 Å². The zero-order chi connectivity index (χ0) is 10.5. The Hall–Kier alpha value is -1.03. The van der Waals surface area contributed by atoms with Gasteiger partial charge in [-0.05, 0) is 24.3 Å². The minimum absolute atomic E-state index is 0.605. The van der Waals surface area contributed by atoms with Crippen LogP contribution in [0.2, 0.25) is 5.02 Å². The van der Waals surface area contributed by atoms with Crippen molar-refractivity contribution in [3.63, 3.8) is 0 Å². The van der Waals surface area contributed by atoms with Crippen molar-refractivity contribution in [2.75, 3.05) is 13.1 Å². The summed E-state index contributed by atoms with van der Waals surface area (Å²) in [5, 5.41) is 14.9. The van der Waals surface area contributed by atoms with E-state index in [9.17, 15) is 5.11 Å². The largest absolute Gasteiger partial charge is 0.381 e. The number of benzene rings is 1. The second-order valence-electron chi connectivity index (χ2n) is 4.05. The van der Waals surface area contributed by atoms with Gasteiger partial charge in [-0.15, -0.1) is 0 Å². The van der Waals surface area contributed by atoms with E-state index >= 15 is 0 Å². The monoisotopic (exact) mass is 222 g/mol. The van der Waals surface area contributed by atoms with Crippen molar-refractivity contribution in [1.29, 1.82) is 0 Å². The predicted octanol–water partition coefficient (Wildman–Crippen LogP) is 1.61. The van der Waals surface area contributed by atoms with Crippen LogP contribution >= 0.6 is 11.6 Å². The molecule has 0 aliphatic carbocycles. The van der Waals surface area contributed by atoms with Crippen LogP contribution in [0.1, 0.15) is 5.69 Å². The second kappa shape index (κ2) is 2.98. The van der Waals surface area contributed by atoms with Crippen molar-refractivity contribution < 1.29 is 5.11 Å². The lowest BCUT2D eigenvalue weighted by atomic mass is 9.93. The van der Waals surface area contributed by atoms with Crippen molar-refractivity contribution in [2.24, 2.45) is 0 Å². The highest BCUT2D eigenvalue weighted by Gasteiger charge is 2.37. The van der Waals surface area contributed by atoms with Gasteiger partial charge in [-0.3, -0.25) is 0 Å². The minimum Gasteiger partial charge on any atom is -0.381 e. The highest BCUT2D eigenvalue weighted by Crippen LogP contribution is 2.28. The molecule has 1 aromatic carbocycles. The Morgan fingerprint density at radius 3 is 2.73 bits per heavy atom. The summed E-state index contributed by atoms with van der Waals surface area (Å²) in [7, 11) is 0. The number of hydrogen-bond donors (Lipinski definition) is 3. The van der Waals surface area contributed by atoms with Crippen LogP contribution < -0.4 is 5.32 Å². The number of β-amino-alcohol motifs (C(OH)–C–C–N with tert-alkyl or cyclic N) is 1. The smallest absolute Gasteiger partial charge is 0.129 e. The van der Waals surface area contributed by atoms with Crippen molar-refractivity contribution >= 4 is 22.5 Å². The third-order valence-corrected chi connectivity index (χ3v) is 3.15. The fourth-order valence-electron chi connectivity index (χ4n) is 1.91. The molecule has 3 rings (SSSR count). The number of halogens is 1. The first-order chi connectivity index (χ1) is 7.17. The molecule has 0 amide bonds. The van der Waals surface area contributed by atoms with E-state index in [2.05, 4.69) is 10.3 Å². The van der Waals surface area contributed by atoms with Gasteiger partial charge in [-0.1, -0.05) is 11.6 Å². The maximum Gasteiger partial charge on any atom is 0.129 e. The molecule has 3 N–H and O–H groups in total. The first-order valence-electron chi connectivity index (χ1n) is 4.89. The molecule has 0 radical (unpaired) electrons. The van der Waals surface area contributed by atoms with Crippen LogP contribution in [0.25, 0.3) is 10.9 Å². The fourth-order valence-corrected chi connectivity index (χ4v) is 2.09. The summed E-state index contributed by atoms with van der Waals surface area (Å²) in [6, 6.07) is 7.62.